The molecule has 0 aromatic heterocycles. The molecule has 0 saturated heterocycles. The highest BCUT2D eigenvalue weighted by Gasteiger charge is 2.20. The molecule has 0 aliphatic heterocycles. The predicted molar refractivity (Wildman–Crippen MR) is 73.0 cm³/mol. The van der Waals surface area contributed by atoms with Gasteiger partial charge in [0.1, 0.15) is 5.75 Å². The zero-order valence-electron chi connectivity index (χ0n) is 11.6. The van der Waals surface area contributed by atoms with Crippen LogP contribution in [0.5, 0.6) is 5.75 Å². The molecule has 1 unspecified atom stereocenters. The number of nitrogens with two attached hydrogens (primary N) is 1. The fourth-order valence-electron chi connectivity index (χ4n) is 1.81. The maximum absolute atomic E-state index is 12.4. The molecule has 0 spiro atoms. The lowest BCUT2D eigenvalue weighted by Gasteiger charge is -2.25. The summed E-state index contributed by atoms with van der Waals surface area (Å²) in [4.78, 5) is 14.1. The second-order valence-electron chi connectivity index (χ2n) is 4.55. The van der Waals surface area contributed by atoms with Gasteiger partial charge in [-0.05, 0) is 38.9 Å². The molecule has 100 valence electrons. The average molecular weight is 250 g/mol. The maximum Gasteiger partial charge on any atom is 0.257 e. The van der Waals surface area contributed by atoms with Gasteiger partial charge in [-0.2, -0.15) is 0 Å². The molecule has 0 heterocycles. The first-order valence-electron chi connectivity index (χ1n) is 6.13. The third-order valence-corrected chi connectivity index (χ3v) is 3.15. The number of nitrogens with zero attached hydrogens (tertiary/aromatic N) is 1. The summed E-state index contributed by atoms with van der Waals surface area (Å²) in [5, 5.41) is 0. The van der Waals surface area contributed by atoms with E-state index in [0.29, 0.717) is 17.9 Å². The predicted octanol–water partition coefficient (Wildman–Crippen LogP) is 1.81. The van der Waals surface area contributed by atoms with Crippen LogP contribution in [0.25, 0.3) is 0 Å². The van der Waals surface area contributed by atoms with Crippen molar-refractivity contribution >= 4 is 5.91 Å². The van der Waals surface area contributed by atoms with Crippen LogP contribution in [0.4, 0.5) is 0 Å². The number of ether oxygens (including phenoxy) is 1. The van der Waals surface area contributed by atoms with Crippen molar-refractivity contribution in [1.82, 2.24) is 4.90 Å². The van der Waals surface area contributed by atoms with Crippen molar-refractivity contribution < 1.29 is 9.53 Å². The summed E-state index contributed by atoms with van der Waals surface area (Å²) in [6.45, 7) is 4.52. The van der Waals surface area contributed by atoms with Gasteiger partial charge >= 0.3 is 0 Å². The lowest BCUT2D eigenvalue weighted by molar-refractivity contribution is 0.0735. The largest absolute Gasteiger partial charge is 0.496 e. The summed E-state index contributed by atoms with van der Waals surface area (Å²) in [5.74, 6) is 0.578. The first kappa shape index (κ1) is 14.5. The molecule has 4 nitrogen and oxygen atoms in total. The molecule has 0 saturated carbocycles. The van der Waals surface area contributed by atoms with Gasteiger partial charge in [-0.25, -0.2) is 0 Å². The van der Waals surface area contributed by atoms with Crippen molar-refractivity contribution in [3.05, 3.63) is 29.3 Å². The Morgan fingerprint density at radius 2 is 2.17 bits per heavy atom. The van der Waals surface area contributed by atoms with Crippen LogP contribution in [0.2, 0.25) is 0 Å². The average Bonchev–Trinajstić information content (AvgIpc) is 2.37. The van der Waals surface area contributed by atoms with E-state index in [4.69, 9.17) is 10.5 Å². The van der Waals surface area contributed by atoms with Gasteiger partial charge in [-0.1, -0.05) is 11.6 Å². The second-order valence-corrected chi connectivity index (χ2v) is 4.55. The van der Waals surface area contributed by atoms with E-state index in [9.17, 15) is 4.79 Å². The Morgan fingerprint density at radius 1 is 1.50 bits per heavy atom. The fourth-order valence-corrected chi connectivity index (χ4v) is 1.81. The molecule has 1 atom stereocenters. The van der Waals surface area contributed by atoms with Gasteiger partial charge in [0.25, 0.3) is 5.91 Å². The Hall–Kier alpha value is -1.55. The lowest BCUT2D eigenvalue weighted by Crippen LogP contribution is -2.36. The number of rotatable bonds is 5. The molecule has 0 bridgehead atoms. The van der Waals surface area contributed by atoms with Crippen molar-refractivity contribution in [1.29, 1.82) is 0 Å². The van der Waals surface area contributed by atoms with Crippen molar-refractivity contribution in [3.8, 4) is 5.75 Å². The fraction of sp³-hybridized carbons (Fsp3) is 0.500. The summed E-state index contributed by atoms with van der Waals surface area (Å²) in [5.41, 5.74) is 7.17. The quantitative estimate of drug-likeness (QED) is 0.867. The minimum absolute atomic E-state index is 0.0310. The van der Waals surface area contributed by atoms with Gasteiger partial charge in [-0.15, -0.1) is 0 Å². The highest BCUT2D eigenvalue weighted by atomic mass is 16.5. The van der Waals surface area contributed by atoms with Crippen molar-refractivity contribution in [3.63, 3.8) is 0 Å². The SMILES string of the molecule is COc1ccc(C)cc1C(=O)N(C)C(C)CCN. The van der Waals surface area contributed by atoms with E-state index in [2.05, 4.69) is 0 Å². The van der Waals surface area contributed by atoms with Crippen molar-refractivity contribution in [2.75, 3.05) is 20.7 Å². The Balaban J connectivity index is 2.98. The molecule has 1 amide bonds. The zero-order valence-corrected chi connectivity index (χ0v) is 11.6. The molecule has 1 aromatic rings. The molecule has 4 heteroatoms. The van der Waals surface area contributed by atoms with E-state index in [1.54, 1.807) is 19.1 Å². The van der Waals surface area contributed by atoms with Crippen LogP contribution in [-0.4, -0.2) is 37.6 Å². The number of carbonyl (C=O) groups is 1. The van der Waals surface area contributed by atoms with Crippen LogP contribution in [0, 0.1) is 6.92 Å². The molecule has 18 heavy (non-hydrogen) atoms. The van der Waals surface area contributed by atoms with E-state index in [0.717, 1.165) is 12.0 Å². The Bertz CT molecular complexity index is 418. The highest BCUT2D eigenvalue weighted by Crippen LogP contribution is 2.22. The molecular formula is C14H22N2O2. The highest BCUT2D eigenvalue weighted by molar-refractivity contribution is 5.97. The van der Waals surface area contributed by atoms with Gasteiger partial charge in [0.15, 0.2) is 0 Å². The van der Waals surface area contributed by atoms with Crippen LogP contribution < -0.4 is 10.5 Å². The van der Waals surface area contributed by atoms with E-state index in [-0.39, 0.29) is 11.9 Å². The van der Waals surface area contributed by atoms with E-state index in [1.807, 2.05) is 32.0 Å². The molecule has 0 fully saturated rings. The first-order valence-corrected chi connectivity index (χ1v) is 6.13. The number of carbonyl (C=O) groups excluding carboxylic acids is 1. The third-order valence-electron chi connectivity index (χ3n) is 3.15. The number of hydrogen-bond donors (Lipinski definition) is 1. The smallest absolute Gasteiger partial charge is 0.257 e. The molecule has 2 N–H and O–H groups in total. The van der Waals surface area contributed by atoms with Crippen LogP contribution in [0.3, 0.4) is 0 Å². The summed E-state index contributed by atoms with van der Waals surface area (Å²) < 4.78 is 5.24. The van der Waals surface area contributed by atoms with Crippen LogP contribution in [0.1, 0.15) is 29.3 Å². The maximum atomic E-state index is 12.4. The first-order chi connectivity index (χ1) is 8.51. The molecule has 1 rings (SSSR count). The van der Waals surface area contributed by atoms with Crippen molar-refractivity contribution in [2.45, 2.75) is 26.3 Å². The van der Waals surface area contributed by atoms with Gasteiger partial charge in [0, 0.05) is 13.1 Å². The van der Waals surface area contributed by atoms with Crippen LogP contribution in [0.15, 0.2) is 18.2 Å². The minimum Gasteiger partial charge on any atom is -0.496 e. The molecule has 0 radical (unpaired) electrons. The number of hydrogen-bond acceptors (Lipinski definition) is 3. The Kier molecular flexibility index (Phi) is 5.16. The summed E-state index contributed by atoms with van der Waals surface area (Å²) in [6, 6.07) is 5.73. The van der Waals surface area contributed by atoms with Gasteiger partial charge in [-0.3, -0.25) is 4.79 Å². The normalized spacial score (nSPS) is 12.1. The third kappa shape index (κ3) is 3.23. The number of aryl methyl sites for hydroxylation is 1. The topological polar surface area (TPSA) is 55.6 Å². The van der Waals surface area contributed by atoms with Crippen molar-refractivity contribution in [2.24, 2.45) is 5.73 Å². The summed E-state index contributed by atoms with van der Waals surface area (Å²) in [7, 11) is 3.37. The molecule has 0 aliphatic rings. The van der Waals surface area contributed by atoms with Gasteiger partial charge in [0.2, 0.25) is 0 Å². The molecule has 1 aromatic carbocycles. The summed E-state index contributed by atoms with van der Waals surface area (Å²) >= 11 is 0. The number of amides is 1. The minimum atomic E-state index is -0.0310. The van der Waals surface area contributed by atoms with E-state index >= 15 is 0 Å². The van der Waals surface area contributed by atoms with E-state index < -0.39 is 0 Å². The standard InChI is InChI=1S/C14H22N2O2/c1-10-5-6-13(18-4)12(9-10)14(17)16(3)11(2)7-8-15/h5-6,9,11H,7-8,15H2,1-4H3. The number of benzene rings is 1. The second kappa shape index (κ2) is 6.40. The monoisotopic (exact) mass is 250 g/mol. The van der Waals surface area contributed by atoms with E-state index in [1.165, 1.54) is 0 Å². The zero-order chi connectivity index (χ0) is 13.7. The molecule has 0 aliphatic carbocycles. The Labute approximate surface area is 109 Å². The van der Waals surface area contributed by atoms with Crippen LogP contribution in [-0.2, 0) is 0 Å². The van der Waals surface area contributed by atoms with Gasteiger partial charge < -0.3 is 15.4 Å². The van der Waals surface area contributed by atoms with Crippen LogP contribution >= 0.6 is 0 Å². The summed E-state index contributed by atoms with van der Waals surface area (Å²) in [6.07, 6.45) is 0.788. The Morgan fingerprint density at radius 3 is 2.72 bits per heavy atom. The molecular weight excluding hydrogens is 228 g/mol. The number of methoxy groups -OCH3 is 1. The van der Waals surface area contributed by atoms with Gasteiger partial charge in [0.05, 0.1) is 12.7 Å². The lowest BCUT2D eigenvalue weighted by atomic mass is 10.1.